The first-order valence-corrected chi connectivity index (χ1v) is 8.16. The molecule has 1 N–H and O–H groups in total. The molecule has 0 radical (unpaired) electrons. The van der Waals surface area contributed by atoms with Crippen LogP contribution in [0.2, 0.25) is 0 Å². The van der Waals surface area contributed by atoms with Crippen molar-refractivity contribution in [1.82, 2.24) is 10.3 Å². The molecule has 0 aliphatic rings. The number of aryl methyl sites for hydroxylation is 2. The second-order valence-electron chi connectivity index (χ2n) is 5.43. The molecule has 1 unspecified atom stereocenters. The summed E-state index contributed by atoms with van der Waals surface area (Å²) in [5.74, 6) is 0. The van der Waals surface area contributed by atoms with Crippen LogP contribution in [0.4, 0.5) is 0 Å². The third-order valence-electron chi connectivity index (χ3n) is 3.63. The zero-order valence-electron chi connectivity index (χ0n) is 12.9. The Kier molecular flexibility index (Phi) is 5.32. The van der Waals surface area contributed by atoms with Crippen LogP contribution < -0.4 is 5.32 Å². The fourth-order valence-electron chi connectivity index (χ4n) is 2.16. The molecule has 0 saturated heterocycles. The molecule has 0 aliphatic heterocycles. The predicted octanol–water partition coefficient (Wildman–Crippen LogP) is 4.41. The van der Waals surface area contributed by atoms with Gasteiger partial charge in [0.15, 0.2) is 0 Å². The van der Waals surface area contributed by atoms with Gasteiger partial charge < -0.3 is 5.32 Å². The predicted molar refractivity (Wildman–Crippen MR) is 87.5 cm³/mol. The molecule has 2 rings (SSSR count). The van der Waals surface area contributed by atoms with Gasteiger partial charge in [0.1, 0.15) is 0 Å². The first-order chi connectivity index (χ1) is 9.60. The fraction of sp³-hybridized carbons (Fsp3) is 0.471. The van der Waals surface area contributed by atoms with Crippen molar-refractivity contribution >= 4 is 11.3 Å². The minimum Gasteiger partial charge on any atom is -0.309 e. The van der Waals surface area contributed by atoms with Crippen molar-refractivity contribution in [1.29, 1.82) is 0 Å². The van der Waals surface area contributed by atoms with E-state index in [9.17, 15) is 0 Å². The molecule has 108 valence electrons. The Bertz CT molecular complexity index is 560. The molecule has 0 saturated carbocycles. The van der Waals surface area contributed by atoms with Gasteiger partial charge in [-0.3, -0.25) is 0 Å². The summed E-state index contributed by atoms with van der Waals surface area (Å²) in [6, 6.07) is 7.09. The summed E-state index contributed by atoms with van der Waals surface area (Å²) in [7, 11) is 0. The normalized spacial score (nSPS) is 12.6. The summed E-state index contributed by atoms with van der Waals surface area (Å²) in [6.07, 6.45) is 4.12. The number of benzene rings is 1. The van der Waals surface area contributed by atoms with E-state index in [1.54, 1.807) is 0 Å². The topological polar surface area (TPSA) is 24.9 Å². The first kappa shape index (κ1) is 15.2. The number of aromatic nitrogens is 1. The summed E-state index contributed by atoms with van der Waals surface area (Å²) in [5, 5.41) is 4.71. The van der Waals surface area contributed by atoms with Gasteiger partial charge in [-0.2, -0.15) is 0 Å². The van der Waals surface area contributed by atoms with Crippen LogP contribution in [0.3, 0.4) is 0 Å². The summed E-state index contributed by atoms with van der Waals surface area (Å²) in [5.41, 5.74) is 4.06. The molecule has 0 aliphatic carbocycles. The third-order valence-corrected chi connectivity index (χ3v) is 4.81. The monoisotopic (exact) mass is 288 g/mol. The maximum Gasteiger partial charge on any atom is 0.0972 e. The van der Waals surface area contributed by atoms with Gasteiger partial charge in [0.25, 0.3) is 0 Å². The van der Waals surface area contributed by atoms with Gasteiger partial charge in [0.2, 0.25) is 0 Å². The van der Waals surface area contributed by atoms with Gasteiger partial charge >= 0.3 is 0 Å². The van der Waals surface area contributed by atoms with Crippen LogP contribution in [0.5, 0.6) is 0 Å². The smallest absolute Gasteiger partial charge is 0.0972 e. The average Bonchev–Trinajstić information content (AvgIpc) is 2.89. The van der Waals surface area contributed by atoms with E-state index in [0.29, 0.717) is 6.04 Å². The highest BCUT2D eigenvalue weighted by molar-refractivity contribution is 7.11. The number of rotatable bonds is 6. The second-order valence-corrected chi connectivity index (χ2v) is 6.57. The molecule has 2 aromatic rings. The SMILES string of the molecule is CCCNC(C)c1cnc(Cc2ccc(C)c(C)c2)s1. The number of thiazole rings is 1. The lowest BCUT2D eigenvalue weighted by Crippen LogP contribution is -2.18. The number of hydrogen-bond acceptors (Lipinski definition) is 3. The molecule has 1 atom stereocenters. The third kappa shape index (κ3) is 3.90. The zero-order valence-corrected chi connectivity index (χ0v) is 13.7. The zero-order chi connectivity index (χ0) is 14.5. The van der Waals surface area contributed by atoms with Crippen LogP contribution in [-0.4, -0.2) is 11.5 Å². The average molecular weight is 288 g/mol. The molecule has 20 heavy (non-hydrogen) atoms. The summed E-state index contributed by atoms with van der Waals surface area (Å²) in [4.78, 5) is 5.90. The summed E-state index contributed by atoms with van der Waals surface area (Å²) >= 11 is 1.82. The van der Waals surface area contributed by atoms with E-state index in [4.69, 9.17) is 0 Å². The van der Waals surface area contributed by atoms with Gasteiger partial charge in [-0.05, 0) is 50.4 Å². The van der Waals surface area contributed by atoms with Gasteiger partial charge in [-0.25, -0.2) is 4.98 Å². The molecule has 2 nitrogen and oxygen atoms in total. The van der Waals surface area contributed by atoms with Crippen LogP contribution in [0.25, 0.3) is 0 Å². The Morgan fingerprint density at radius 2 is 2.05 bits per heavy atom. The summed E-state index contributed by atoms with van der Waals surface area (Å²) < 4.78 is 0. The van der Waals surface area contributed by atoms with E-state index in [1.807, 2.05) is 17.5 Å². The van der Waals surface area contributed by atoms with Crippen LogP contribution >= 0.6 is 11.3 Å². The molecule has 0 fully saturated rings. The number of hydrogen-bond donors (Lipinski definition) is 1. The fourth-order valence-corrected chi connectivity index (χ4v) is 3.14. The van der Waals surface area contributed by atoms with Crippen LogP contribution in [0, 0.1) is 13.8 Å². The van der Waals surface area contributed by atoms with Gasteiger partial charge in [-0.15, -0.1) is 11.3 Å². The lowest BCUT2D eigenvalue weighted by atomic mass is 10.0. The first-order valence-electron chi connectivity index (χ1n) is 7.34. The Morgan fingerprint density at radius 3 is 2.75 bits per heavy atom. The lowest BCUT2D eigenvalue weighted by molar-refractivity contribution is 0.577. The molecule has 1 aromatic carbocycles. The van der Waals surface area contributed by atoms with Crippen molar-refractivity contribution in [3.63, 3.8) is 0 Å². The van der Waals surface area contributed by atoms with E-state index >= 15 is 0 Å². The quantitative estimate of drug-likeness (QED) is 0.851. The van der Waals surface area contributed by atoms with E-state index in [2.05, 4.69) is 56.2 Å². The van der Waals surface area contributed by atoms with Crippen molar-refractivity contribution in [2.45, 2.75) is 46.6 Å². The highest BCUT2D eigenvalue weighted by atomic mass is 32.1. The largest absolute Gasteiger partial charge is 0.309 e. The van der Waals surface area contributed by atoms with Crippen LogP contribution in [0.15, 0.2) is 24.4 Å². The van der Waals surface area contributed by atoms with Gasteiger partial charge in [0.05, 0.1) is 5.01 Å². The molecular weight excluding hydrogens is 264 g/mol. The Balaban J connectivity index is 2.03. The molecule has 0 spiro atoms. The maximum absolute atomic E-state index is 4.57. The highest BCUT2D eigenvalue weighted by Crippen LogP contribution is 2.23. The minimum absolute atomic E-state index is 0.404. The van der Waals surface area contributed by atoms with Crippen molar-refractivity contribution < 1.29 is 0 Å². The molecule has 0 bridgehead atoms. The van der Waals surface area contributed by atoms with E-state index < -0.39 is 0 Å². The lowest BCUT2D eigenvalue weighted by Gasteiger charge is -2.09. The Morgan fingerprint density at radius 1 is 1.25 bits per heavy atom. The van der Waals surface area contributed by atoms with Crippen LogP contribution in [0.1, 0.15) is 52.9 Å². The van der Waals surface area contributed by atoms with E-state index in [1.165, 1.54) is 33.0 Å². The summed E-state index contributed by atoms with van der Waals surface area (Å²) in [6.45, 7) is 9.79. The minimum atomic E-state index is 0.404. The van der Waals surface area contributed by atoms with Crippen molar-refractivity contribution in [2.24, 2.45) is 0 Å². The van der Waals surface area contributed by atoms with E-state index in [0.717, 1.165) is 13.0 Å². The van der Waals surface area contributed by atoms with Crippen molar-refractivity contribution in [3.05, 3.63) is 51.0 Å². The van der Waals surface area contributed by atoms with E-state index in [-0.39, 0.29) is 0 Å². The molecule has 3 heteroatoms. The maximum atomic E-state index is 4.57. The van der Waals surface area contributed by atoms with Crippen LogP contribution in [-0.2, 0) is 6.42 Å². The molecule has 0 amide bonds. The number of nitrogens with zero attached hydrogens (tertiary/aromatic N) is 1. The highest BCUT2D eigenvalue weighted by Gasteiger charge is 2.09. The molecular formula is C17H24N2S. The Hall–Kier alpha value is -1.19. The van der Waals surface area contributed by atoms with Crippen molar-refractivity contribution in [3.8, 4) is 0 Å². The standard InChI is InChI=1S/C17H24N2S/c1-5-8-18-14(4)16-11-19-17(20-16)10-15-7-6-12(2)13(3)9-15/h6-7,9,11,14,18H,5,8,10H2,1-4H3. The second kappa shape index (κ2) is 7.00. The Labute approximate surface area is 126 Å². The number of nitrogens with one attached hydrogen (secondary N) is 1. The molecule has 1 aromatic heterocycles. The van der Waals surface area contributed by atoms with Gasteiger partial charge in [-0.1, -0.05) is 25.1 Å². The van der Waals surface area contributed by atoms with Gasteiger partial charge in [0, 0.05) is 23.5 Å². The molecule has 1 heterocycles. The van der Waals surface area contributed by atoms with Crippen molar-refractivity contribution in [2.75, 3.05) is 6.54 Å².